The third-order valence-electron chi connectivity index (χ3n) is 4.88. The molecular weight excluding hydrogens is 373 g/mol. The van der Waals surface area contributed by atoms with Crippen LogP contribution in [0.2, 0.25) is 0 Å². The summed E-state index contributed by atoms with van der Waals surface area (Å²) < 4.78 is 45.6. The van der Waals surface area contributed by atoms with Gasteiger partial charge in [-0.25, -0.2) is 12.8 Å². The number of rotatable bonds is 4. The molecule has 2 aliphatic heterocycles. The molecule has 1 aromatic carbocycles. The van der Waals surface area contributed by atoms with Crippen LogP contribution >= 0.6 is 0 Å². The summed E-state index contributed by atoms with van der Waals surface area (Å²) in [4.78, 5) is 16.3. The van der Waals surface area contributed by atoms with Gasteiger partial charge in [0.2, 0.25) is 15.9 Å². The van der Waals surface area contributed by atoms with Gasteiger partial charge in [0.1, 0.15) is 5.82 Å². The molecule has 0 saturated carbocycles. The van der Waals surface area contributed by atoms with Gasteiger partial charge in [-0.3, -0.25) is 9.69 Å². The maximum absolute atomic E-state index is 13.4. The van der Waals surface area contributed by atoms with Crippen LogP contribution in [0.15, 0.2) is 29.2 Å². The van der Waals surface area contributed by atoms with Gasteiger partial charge in [0.05, 0.1) is 23.6 Å². The van der Waals surface area contributed by atoms with Crippen LogP contribution in [0.5, 0.6) is 0 Å². The van der Waals surface area contributed by atoms with Crippen molar-refractivity contribution in [3.8, 4) is 0 Å². The third kappa shape index (κ3) is 4.84. The summed E-state index contributed by atoms with van der Waals surface area (Å²) in [6.07, 6.45) is 0.185. The van der Waals surface area contributed by atoms with Crippen LogP contribution in [0.25, 0.3) is 0 Å². The van der Waals surface area contributed by atoms with E-state index in [-0.39, 0.29) is 36.1 Å². The molecule has 7 nitrogen and oxygen atoms in total. The predicted molar refractivity (Wildman–Crippen MR) is 98.2 cm³/mol. The minimum absolute atomic E-state index is 0.000830. The van der Waals surface area contributed by atoms with Crippen molar-refractivity contribution in [2.24, 2.45) is 0 Å². The standard InChI is InChI=1S/C18H26FN3O4S/c1-14-11-20(12-15(2)26-14)13-18(23)21-6-8-22(9-7-21)27(24,25)17-5-3-4-16(19)10-17/h3-5,10,14-15H,6-9,11-13H2,1-2H3/t14-,15+. The van der Waals surface area contributed by atoms with Crippen LogP contribution in [0.1, 0.15) is 13.8 Å². The second-order valence-electron chi connectivity index (χ2n) is 7.19. The van der Waals surface area contributed by atoms with E-state index in [0.717, 1.165) is 6.07 Å². The summed E-state index contributed by atoms with van der Waals surface area (Å²) in [6.45, 7) is 6.81. The second kappa shape index (κ2) is 8.22. The number of nitrogens with zero attached hydrogens (tertiary/aromatic N) is 3. The minimum Gasteiger partial charge on any atom is -0.373 e. The first-order valence-electron chi connectivity index (χ1n) is 9.17. The van der Waals surface area contributed by atoms with Crippen molar-refractivity contribution >= 4 is 15.9 Å². The highest BCUT2D eigenvalue weighted by Crippen LogP contribution is 2.19. The molecule has 2 fully saturated rings. The number of morpholine rings is 1. The molecule has 1 amide bonds. The van der Waals surface area contributed by atoms with Gasteiger partial charge in [-0.2, -0.15) is 4.31 Å². The summed E-state index contributed by atoms with van der Waals surface area (Å²) >= 11 is 0. The van der Waals surface area contributed by atoms with Crippen LogP contribution in [0.3, 0.4) is 0 Å². The summed E-state index contributed by atoms with van der Waals surface area (Å²) in [5.41, 5.74) is 0. The Labute approximate surface area is 159 Å². The first kappa shape index (κ1) is 20.2. The first-order chi connectivity index (χ1) is 12.8. The largest absolute Gasteiger partial charge is 0.373 e. The van der Waals surface area contributed by atoms with Crippen molar-refractivity contribution < 1.29 is 22.3 Å². The molecule has 2 saturated heterocycles. The molecule has 0 aromatic heterocycles. The molecule has 9 heteroatoms. The number of carbonyl (C=O) groups is 1. The van der Waals surface area contributed by atoms with Gasteiger partial charge in [-0.15, -0.1) is 0 Å². The minimum atomic E-state index is -3.75. The molecule has 3 rings (SSSR count). The zero-order valence-corrected chi connectivity index (χ0v) is 16.5. The van der Waals surface area contributed by atoms with Crippen molar-refractivity contribution in [2.75, 3.05) is 45.8 Å². The Morgan fingerprint density at radius 3 is 2.37 bits per heavy atom. The molecule has 0 N–H and O–H groups in total. The van der Waals surface area contributed by atoms with E-state index >= 15 is 0 Å². The summed E-state index contributed by atoms with van der Waals surface area (Å²) in [5, 5.41) is 0. The third-order valence-corrected chi connectivity index (χ3v) is 6.77. The highest BCUT2D eigenvalue weighted by atomic mass is 32.2. The fourth-order valence-electron chi connectivity index (χ4n) is 3.66. The SMILES string of the molecule is C[C@@H]1CN(CC(=O)N2CCN(S(=O)(=O)c3cccc(F)c3)CC2)C[C@H](C)O1. The van der Waals surface area contributed by atoms with Gasteiger partial charge in [-0.05, 0) is 32.0 Å². The van der Waals surface area contributed by atoms with Gasteiger partial charge in [0.25, 0.3) is 0 Å². The highest BCUT2D eigenvalue weighted by molar-refractivity contribution is 7.89. The second-order valence-corrected chi connectivity index (χ2v) is 9.13. The number of benzene rings is 1. The van der Waals surface area contributed by atoms with E-state index in [0.29, 0.717) is 32.7 Å². The Hall–Kier alpha value is -1.55. The monoisotopic (exact) mass is 399 g/mol. The van der Waals surface area contributed by atoms with E-state index in [2.05, 4.69) is 4.90 Å². The average molecular weight is 399 g/mol. The zero-order valence-electron chi connectivity index (χ0n) is 15.7. The first-order valence-corrected chi connectivity index (χ1v) is 10.6. The Morgan fingerprint density at radius 2 is 1.78 bits per heavy atom. The number of piperazine rings is 1. The lowest BCUT2D eigenvalue weighted by molar-refractivity contribution is -0.137. The van der Waals surface area contributed by atoms with Crippen LogP contribution in [-0.4, -0.2) is 86.5 Å². The predicted octanol–water partition coefficient (Wildman–Crippen LogP) is 0.768. The lowest BCUT2D eigenvalue weighted by atomic mass is 10.2. The zero-order chi connectivity index (χ0) is 19.6. The van der Waals surface area contributed by atoms with E-state index in [1.54, 1.807) is 4.90 Å². The lowest BCUT2D eigenvalue weighted by Crippen LogP contribution is -2.54. The molecule has 0 bridgehead atoms. The van der Waals surface area contributed by atoms with E-state index in [4.69, 9.17) is 4.74 Å². The fourth-order valence-corrected chi connectivity index (χ4v) is 5.11. The summed E-state index contributed by atoms with van der Waals surface area (Å²) in [6, 6.07) is 5.00. The van der Waals surface area contributed by atoms with Crippen LogP contribution < -0.4 is 0 Å². The number of hydrogen-bond donors (Lipinski definition) is 0. The summed E-state index contributed by atoms with van der Waals surface area (Å²) in [7, 11) is -3.75. The van der Waals surface area contributed by atoms with Crippen LogP contribution in [0.4, 0.5) is 4.39 Å². The Balaban J connectivity index is 1.56. The van der Waals surface area contributed by atoms with Gasteiger partial charge < -0.3 is 9.64 Å². The number of sulfonamides is 1. The number of halogens is 1. The van der Waals surface area contributed by atoms with E-state index < -0.39 is 15.8 Å². The van der Waals surface area contributed by atoms with Crippen molar-refractivity contribution in [3.63, 3.8) is 0 Å². The Kier molecular flexibility index (Phi) is 6.15. The molecule has 0 radical (unpaired) electrons. The lowest BCUT2D eigenvalue weighted by Gasteiger charge is -2.38. The number of amides is 1. The molecule has 1 aromatic rings. The molecule has 0 aliphatic carbocycles. The smallest absolute Gasteiger partial charge is 0.243 e. The molecule has 150 valence electrons. The van der Waals surface area contributed by atoms with Crippen LogP contribution in [-0.2, 0) is 19.6 Å². The number of ether oxygens (including phenoxy) is 1. The molecule has 2 atom stereocenters. The van der Waals surface area contributed by atoms with Crippen molar-refractivity contribution in [2.45, 2.75) is 31.0 Å². The Bertz CT molecular complexity index is 771. The van der Waals surface area contributed by atoms with Crippen molar-refractivity contribution in [1.29, 1.82) is 0 Å². The summed E-state index contributed by atoms with van der Waals surface area (Å²) in [5.74, 6) is -0.585. The molecular formula is C18H26FN3O4S. The molecule has 0 spiro atoms. The highest BCUT2D eigenvalue weighted by Gasteiger charge is 2.31. The topological polar surface area (TPSA) is 70.2 Å². The van der Waals surface area contributed by atoms with E-state index in [1.807, 2.05) is 13.8 Å². The molecule has 27 heavy (non-hydrogen) atoms. The maximum atomic E-state index is 13.4. The quantitative estimate of drug-likeness (QED) is 0.748. The molecule has 2 heterocycles. The number of carbonyl (C=O) groups excluding carboxylic acids is 1. The fraction of sp³-hybridized carbons (Fsp3) is 0.611. The van der Waals surface area contributed by atoms with Gasteiger partial charge in [0.15, 0.2) is 0 Å². The van der Waals surface area contributed by atoms with Gasteiger partial charge in [0, 0.05) is 39.3 Å². The van der Waals surface area contributed by atoms with Gasteiger partial charge in [-0.1, -0.05) is 6.07 Å². The van der Waals surface area contributed by atoms with Crippen molar-refractivity contribution in [1.82, 2.24) is 14.1 Å². The molecule has 2 aliphatic rings. The van der Waals surface area contributed by atoms with E-state index in [1.165, 1.54) is 22.5 Å². The Morgan fingerprint density at radius 1 is 1.15 bits per heavy atom. The maximum Gasteiger partial charge on any atom is 0.243 e. The molecule has 0 unspecified atom stereocenters. The van der Waals surface area contributed by atoms with Crippen molar-refractivity contribution in [3.05, 3.63) is 30.1 Å². The van der Waals surface area contributed by atoms with Gasteiger partial charge >= 0.3 is 0 Å². The normalized spacial score (nSPS) is 25.5. The van der Waals surface area contributed by atoms with E-state index in [9.17, 15) is 17.6 Å². The number of hydrogen-bond acceptors (Lipinski definition) is 5. The average Bonchev–Trinajstić information content (AvgIpc) is 2.61. The van der Waals surface area contributed by atoms with Crippen LogP contribution in [0, 0.1) is 5.82 Å².